The van der Waals surface area contributed by atoms with Crippen LogP contribution in [0.25, 0.3) is 0 Å². The summed E-state index contributed by atoms with van der Waals surface area (Å²) in [6.07, 6.45) is 0. The zero-order valence-corrected chi connectivity index (χ0v) is 13.4. The standard InChI is InChI=1S/C17H15ClN2O4/c18-14-8-6-13(7-9-14)16(22)24-11-15(21)20-17(23)19-10-12-4-2-1-3-5-12/h1-9H,10-11H2,(H2,19,20,21,23). The van der Waals surface area contributed by atoms with Crippen LogP contribution in [0.15, 0.2) is 54.6 Å². The lowest BCUT2D eigenvalue weighted by atomic mass is 10.2. The van der Waals surface area contributed by atoms with E-state index in [9.17, 15) is 14.4 Å². The van der Waals surface area contributed by atoms with Crippen molar-refractivity contribution >= 4 is 29.5 Å². The summed E-state index contributed by atoms with van der Waals surface area (Å²) in [5, 5.41) is 5.09. The van der Waals surface area contributed by atoms with Crippen LogP contribution in [-0.4, -0.2) is 24.5 Å². The third-order valence-corrected chi connectivity index (χ3v) is 3.22. The monoisotopic (exact) mass is 346 g/mol. The molecule has 7 heteroatoms. The van der Waals surface area contributed by atoms with Crippen molar-refractivity contribution in [2.45, 2.75) is 6.54 Å². The first kappa shape index (κ1) is 17.5. The second-order valence-electron chi connectivity index (χ2n) is 4.80. The molecule has 2 N–H and O–H groups in total. The van der Waals surface area contributed by atoms with Gasteiger partial charge >= 0.3 is 12.0 Å². The molecule has 6 nitrogen and oxygen atoms in total. The van der Waals surface area contributed by atoms with E-state index in [1.165, 1.54) is 24.3 Å². The lowest BCUT2D eigenvalue weighted by Gasteiger charge is -2.07. The van der Waals surface area contributed by atoms with Crippen molar-refractivity contribution in [1.82, 2.24) is 10.6 Å². The summed E-state index contributed by atoms with van der Waals surface area (Å²) in [5.74, 6) is -1.39. The number of esters is 1. The Bertz CT molecular complexity index is 717. The molecule has 2 rings (SSSR count). The average Bonchev–Trinajstić information content (AvgIpc) is 2.59. The Balaban J connectivity index is 1.71. The van der Waals surface area contributed by atoms with Crippen molar-refractivity contribution in [2.75, 3.05) is 6.61 Å². The molecule has 0 unspecified atom stereocenters. The van der Waals surface area contributed by atoms with E-state index in [1.807, 2.05) is 30.3 Å². The summed E-state index contributed by atoms with van der Waals surface area (Å²) < 4.78 is 4.82. The first-order chi connectivity index (χ1) is 11.5. The van der Waals surface area contributed by atoms with E-state index in [-0.39, 0.29) is 12.1 Å². The number of hydrogen-bond donors (Lipinski definition) is 2. The lowest BCUT2D eigenvalue weighted by Crippen LogP contribution is -2.41. The highest BCUT2D eigenvalue weighted by Crippen LogP contribution is 2.10. The summed E-state index contributed by atoms with van der Waals surface area (Å²) in [6, 6.07) is 14.6. The molecule has 0 aromatic heterocycles. The molecular formula is C17H15ClN2O4. The molecule has 0 heterocycles. The number of carbonyl (C=O) groups excluding carboxylic acids is 3. The summed E-state index contributed by atoms with van der Waals surface area (Å²) in [4.78, 5) is 34.9. The third kappa shape index (κ3) is 5.73. The van der Waals surface area contributed by atoms with Gasteiger partial charge in [-0.1, -0.05) is 41.9 Å². The molecule has 124 valence electrons. The van der Waals surface area contributed by atoms with Crippen LogP contribution >= 0.6 is 11.6 Å². The Labute approximate surface area is 143 Å². The summed E-state index contributed by atoms with van der Waals surface area (Å²) in [6.45, 7) is -0.273. The molecule has 0 radical (unpaired) electrons. The maximum Gasteiger partial charge on any atom is 0.338 e. The Kier molecular flexibility index (Phi) is 6.33. The van der Waals surface area contributed by atoms with Crippen LogP contribution < -0.4 is 10.6 Å². The molecule has 0 aliphatic heterocycles. The quantitative estimate of drug-likeness (QED) is 0.815. The van der Waals surface area contributed by atoms with Crippen molar-refractivity contribution in [3.63, 3.8) is 0 Å². The van der Waals surface area contributed by atoms with Crippen LogP contribution in [0.5, 0.6) is 0 Å². The molecule has 0 bridgehead atoms. The minimum absolute atomic E-state index is 0.265. The van der Waals surface area contributed by atoms with Crippen LogP contribution in [0.4, 0.5) is 4.79 Å². The fourth-order valence-electron chi connectivity index (χ4n) is 1.79. The minimum atomic E-state index is -0.720. The van der Waals surface area contributed by atoms with Gasteiger partial charge in [0, 0.05) is 11.6 Å². The molecule has 0 fully saturated rings. The van der Waals surface area contributed by atoms with Crippen molar-refractivity contribution in [1.29, 1.82) is 0 Å². The van der Waals surface area contributed by atoms with Crippen molar-refractivity contribution < 1.29 is 19.1 Å². The van der Waals surface area contributed by atoms with Gasteiger partial charge in [0.05, 0.1) is 5.56 Å². The smallest absolute Gasteiger partial charge is 0.338 e. The number of carbonyl (C=O) groups is 3. The van der Waals surface area contributed by atoms with Gasteiger partial charge in [-0.25, -0.2) is 9.59 Å². The number of ether oxygens (including phenoxy) is 1. The van der Waals surface area contributed by atoms with Crippen LogP contribution in [0, 0.1) is 0 Å². The molecular weight excluding hydrogens is 332 g/mol. The number of nitrogens with one attached hydrogen (secondary N) is 2. The molecule has 0 aliphatic rings. The zero-order valence-electron chi connectivity index (χ0n) is 12.6. The maximum absolute atomic E-state index is 11.7. The van der Waals surface area contributed by atoms with Crippen molar-refractivity contribution in [3.8, 4) is 0 Å². The number of hydrogen-bond acceptors (Lipinski definition) is 4. The molecule has 0 saturated carbocycles. The highest BCUT2D eigenvalue weighted by atomic mass is 35.5. The third-order valence-electron chi connectivity index (χ3n) is 2.96. The predicted octanol–water partition coefficient (Wildman–Crippen LogP) is 2.52. The Morgan fingerprint density at radius 2 is 1.62 bits per heavy atom. The fraction of sp³-hybridized carbons (Fsp3) is 0.118. The molecule has 24 heavy (non-hydrogen) atoms. The first-order valence-corrected chi connectivity index (χ1v) is 7.46. The normalized spacial score (nSPS) is 9.88. The Morgan fingerprint density at radius 3 is 2.29 bits per heavy atom. The second-order valence-corrected chi connectivity index (χ2v) is 5.24. The average molecular weight is 347 g/mol. The highest BCUT2D eigenvalue weighted by Gasteiger charge is 2.12. The van der Waals surface area contributed by atoms with E-state index in [2.05, 4.69) is 10.6 Å². The number of halogens is 1. The van der Waals surface area contributed by atoms with Crippen LogP contribution in [0.1, 0.15) is 15.9 Å². The van der Waals surface area contributed by atoms with Crippen LogP contribution in [0.2, 0.25) is 5.02 Å². The summed E-state index contributed by atoms with van der Waals surface area (Å²) in [5.41, 5.74) is 1.16. The van der Waals surface area contributed by atoms with Gasteiger partial charge in [0.2, 0.25) is 0 Å². The van der Waals surface area contributed by atoms with Gasteiger partial charge in [-0.3, -0.25) is 10.1 Å². The molecule has 0 atom stereocenters. The number of imide groups is 1. The van der Waals surface area contributed by atoms with Gasteiger partial charge in [0.15, 0.2) is 6.61 Å². The zero-order chi connectivity index (χ0) is 17.4. The molecule has 0 spiro atoms. The van der Waals surface area contributed by atoms with Gasteiger partial charge in [-0.05, 0) is 29.8 Å². The van der Waals surface area contributed by atoms with Gasteiger partial charge in [0.25, 0.3) is 5.91 Å². The van der Waals surface area contributed by atoms with E-state index >= 15 is 0 Å². The first-order valence-electron chi connectivity index (χ1n) is 7.09. The molecule has 0 saturated heterocycles. The van der Waals surface area contributed by atoms with E-state index < -0.39 is 24.5 Å². The van der Waals surface area contributed by atoms with E-state index in [1.54, 1.807) is 0 Å². The minimum Gasteiger partial charge on any atom is -0.452 e. The molecule has 0 aliphatic carbocycles. The highest BCUT2D eigenvalue weighted by molar-refractivity contribution is 6.30. The lowest BCUT2D eigenvalue weighted by molar-refractivity contribution is -0.123. The molecule has 2 aromatic rings. The van der Waals surface area contributed by atoms with Crippen molar-refractivity contribution in [2.24, 2.45) is 0 Å². The van der Waals surface area contributed by atoms with Gasteiger partial charge in [0.1, 0.15) is 0 Å². The van der Waals surface area contributed by atoms with Crippen molar-refractivity contribution in [3.05, 3.63) is 70.7 Å². The van der Waals surface area contributed by atoms with Gasteiger partial charge < -0.3 is 10.1 Å². The van der Waals surface area contributed by atoms with E-state index in [0.717, 1.165) is 5.56 Å². The largest absolute Gasteiger partial charge is 0.452 e. The van der Waals surface area contributed by atoms with Gasteiger partial charge in [-0.15, -0.1) is 0 Å². The van der Waals surface area contributed by atoms with E-state index in [4.69, 9.17) is 16.3 Å². The maximum atomic E-state index is 11.7. The van der Waals surface area contributed by atoms with Crippen LogP contribution in [0.3, 0.4) is 0 Å². The molecule has 3 amide bonds. The summed E-state index contributed by atoms with van der Waals surface area (Å²) in [7, 11) is 0. The molecule has 2 aromatic carbocycles. The topological polar surface area (TPSA) is 84.5 Å². The Morgan fingerprint density at radius 1 is 0.958 bits per heavy atom. The van der Waals surface area contributed by atoms with E-state index in [0.29, 0.717) is 5.02 Å². The summed E-state index contributed by atoms with van der Waals surface area (Å²) >= 11 is 5.71. The number of urea groups is 1. The second kappa shape index (κ2) is 8.69. The number of amides is 3. The SMILES string of the molecule is O=C(COC(=O)c1ccc(Cl)cc1)NC(=O)NCc1ccccc1. The van der Waals surface area contributed by atoms with Gasteiger partial charge in [-0.2, -0.15) is 0 Å². The van der Waals surface area contributed by atoms with Crippen LogP contribution in [-0.2, 0) is 16.1 Å². The number of rotatable bonds is 5. The fourth-order valence-corrected chi connectivity index (χ4v) is 1.91. The Hall–Kier alpha value is -2.86. The predicted molar refractivity (Wildman–Crippen MR) is 88.6 cm³/mol. The number of benzene rings is 2.